The van der Waals surface area contributed by atoms with Crippen LogP contribution < -0.4 is 15.2 Å². The topological polar surface area (TPSA) is 161 Å². The molecule has 1 aromatic carbocycles. The molecule has 11 nitrogen and oxygen atoms in total. The van der Waals surface area contributed by atoms with E-state index >= 15 is 0 Å². The first kappa shape index (κ1) is 34.7. The molecule has 226 valence electrons. The summed E-state index contributed by atoms with van der Waals surface area (Å²) in [6, 6.07) is 2.84. The highest BCUT2D eigenvalue weighted by Gasteiger charge is 2.30. The predicted octanol–water partition coefficient (Wildman–Crippen LogP) is 5.81. The summed E-state index contributed by atoms with van der Waals surface area (Å²) in [4.78, 5) is 48.9. The Morgan fingerprint density at radius 2 is 1.35 bits per heavy atom. The number of hydrogen-bond donors (Lipinski definition) is 2. The molecule has 0 aliphatic heterocycles. The maximum Gasteiger partial charge on any atom is 0.514 e. The molecule has 0 heterocycles. The summed E-state index contributed by atoms with van der Waals surface area (Å²) >= 11 is 0. The molecule has 1 aromatic rings. The van der Waals surface area contributed by atoms with Crippen LogP contribution in [0.4, 0.5) is 9.59 Å². The van der Waals surface area contributed by atoms with Crippen LogP contribution in [0, 0.1) is 11.8 Å². The van der Waals surface area contributed by atoms with Gasteiger partial charge in [0.1, 0.15) is 18.2 Å². The standard InChI is InChI=1S/C29H45NO10/c1-9-10-11-25(31)36-18(6)14-22(26(30)27(32)33)21-12-13-23(39-28(34)37-19(7)16(2)3)24(15-21)40-29(35)38-20(8)17(4)5/h12-13,15-20,22,26H,9-11,14,30H2,1-8H3,(H,32,33)/t18?,19?,20?,22?,26-/m0/s1. The van der Waals surface area contributed by atoms with E-state index in [1.54, 1.807) is 20.8 Å². The Balaban J connectivity index is 3.35. The molecule has 3 N–H and O–H groups in total. The molecule has 0 aliphatic rings. The maximum absolute atomic E-state index is 12.5. The van der Waals surface area contributed by atoms with E-state index in [-0.39, 0.29) is 42.1 Å². The number of rotatable bonds is 15. The largest absolute Gasteiger partial charge is 0.514 e. The lowest BCUT2D eigenvalue weighted by Gasteiger charge is -2.25. The van der Waals surface area contributed by atoms with Crippen LogP contribution in [-0.4, -0.2) is 53.7 Å². The highest BCUT2D eigenvalue weighted by Crippen LogP contribution is 2.35. The van der Waals surface area contributed by atoms with Crippen LogP contribution in [0.3, 0.4) is 0 Å². The Bertz CT molecular complexity index is 993. The minimum Gasteiger partial charge on any atom is -0.480 e. The van der Waals surface area contributed by atoms with E-state index in [0.29, 0.717) is 12.0 Å². The van der Waals surface area contributed by atoms with Crippen LogP contribution in [0.15, 0.2) is 18.2 Å². The van der Waals surface area contributed by atoms with Crippen molar-refractivity contribution in [2.24, 2.45) is 17.6 Å². The fraction of sp³-hybridized carbons (Fsp3) is 0.655. The summed E-state index contributed by atoms with van der Waals surface area (Å²) in [6.07, 6.45) is -1.76. The average Bonchev–Trinajstić information content (AvgIpc) is 2.86. The molecule has 0 bridgehead atoms. The van der Waals surface area contributed by atoms with Crippen LogP contribution in [0.25, 0.3) is 0 Å². The molecule has 0 spiro atoms. The monoisotopic (exact) mass is 567 g/mol. The second-order valence-corrected chi connectivity index (χ2v) is 10.7. The molecule has 0 fully saturated rings. The Kier molecular flexibility index (Phi) is 14.5. The van der Waals surface area contributed by atoms with Crippen LogP contribution >= 0.6 is 0 Å². The van der Waals surface area contributed by atoms with Crippen molar-refractivity contribution in [1.82, 2.24) is 0 Å². The number of carbonyl (C=O) groups excluding carboxylic acids is 3. The Labute approximate surface area is 236 Å². The fourth-order valence-electron chi connectivity index (χ4n) is 3.40. The van der Waals surface area contributed by atoms with Crippen molar-refractivity contribution in [3.8, 4) is 11.5 Å². The zero-order valence-electron chi connectivity index (χ0n) is 24.8. The summed E-state index contributed by atoms with van der Waals surface area (Å²) in [5.41, 5.74) is 6.39. The minimum absolute atomic E-state index is 0.0153. The van der Waals surface area contributed by atoms with Gasteiger partial charge >= 0.3 is 24.2 Å². The van der Waals surface area contributed by atoms with E-state index in [1.807, 2.05) is 34.6 Å². The van der Waals surface area contributed by atoms with Crippen LogP contribution in [0.5, 0.6) is 11.5 Å². The van der Waals surface area contributed by atoms with Gasteiger partial charge in [0.05, 0.1) is 6.10 Å². The number of carbonyl (C=O) groups is 4. The Morgan fingerprint density at radius 1 is 0.825 bits per heavy atom. The highest BCUT2D eigenvalue weighted by atomic mass is 16.7. The Hall–Kier alpha value is -3.34. The first-order valence-corrected chi connectivity index (χ1v) is 13.7. The normalized spacial score (nSPS) is 15.0. The van der Waals surface area contributed by atoms with E-state index in [1.165, 1.54) is 18.2 Å². The highest BCUT2D eigenvalue weighted by molar-refractivity contribution is 5.75. The van der Waals surface area contributed by atoms with Gasteiger partial charge in [-0.3, -0.25) is 9.59 Å². The quantitative estimate of drug-likeness (QED) is 0.149. The van der Waals surface area contributed by atoms with E-state index in [4.69, 9.17) is 29.4 Å². The van der Waals surface area contributed by atoms with Gasteiger partial charge in [0, 0.05) is 12.3 Å². The first-order chi connectivity index (χ1) is 18.7. The first-order valence-electron chi connectivity index (χ1n) is 13.7. The fourth-order valence-corrected chi connectivity index (χ4v) is 3.40. The molecule has 0 aliphatic carbocycles. The van der Waals surface area contributed by atoms with E-state index in [2.05, 4.69) is 0 Å². The molecule has 0 aromatic heterocycles. The molecule has 11 heteroatoms. The third-order valence-electron chi connectivity index (χ3n) is 6.60. The lowest BCUT2D eigenvalue weighted by atomic mass is 9.87. The third kappa shape index (κ3) is 11.8. The molecule has 0 saturated carbocycles. The molecule has 1 rings (SSSR count). The lowest BCUT2D eigenvalue weighted by molar-refractivity contribution is -0.149. The molecule has 40 heavy (non-hydrogen) atoms. The molecular weight excluding hydrogens is 522 g/mol. The number of nitrogens with two attached hydrogens (primary N) is 1. The van der Waals surface area contributed by atoms with Gasteiger partial charge in [0.25, 0.3) is 0 Å². The SMILES string of the molecule is CCCCC(=O)OC(C)CC(c1ccc(OC(=O)OC(C)C(C)C)c(OC(=O)OC(C)C(C)C)c1)[C@H](N)C(=O)O. The maximum atomic E-state index is 12.5. The van der Waals surface area contributed by atoms with Gasteiger partial charge in [-0.05, 0) is 63.1 Å². The van der Waals surface area contributed by atoms with Crippen LogP contribution in [0.1, 0.15) is 92.6 Å². The number of carboxylic acid groups (broad SMARTS) is 1. The van der Waals surface area contributed by atoms with E-state index in [0.717, 1.165) is 6.42 Å². The molecule has 5 atom stereocenters. The van der Waals surface area contributed by atoms with Crippen molar-refractivity contribution in [1.29, 1.82) is 0 Å². The number of hydrogen-bond acceptors (Lipinski definition) is 10. The van der Waals surface area contributed by atoms with Gasteiger partial charge in [-0.15, -0.1) is 0 Å². The number of ether oxygens (including phenoxy) is 5. The predicted molar refractivity (Wildman–Crippen MR) is 147 cm³/mol. The van der Waals surface area contributed by atoms with Crippen molar-refractivity contribution in [2.75, 3.05) is 0 Å². The summed E-state index contributed by atoms with van der Waals surface area (Å²) in [5.74, 6) is -2.78. The molecular formula is C29H45NO10. The summed E-state index contributed by atoms with van der Waals surface area (Å²) in [7, 11) is 0. The van der Waals surface area contributed by atoms with Crippen molar-refractivity contribution in [3.63, 3.8) is 0 Å². The third-order valence-corrected chi connectivity index (χ3v) is 6.60. The van der Waals surface area contributed by atoms with Crippen LogP contribution in [0.2, 0.25) is 0 Å². The second kappa shape index (κ2) is 16.7. The molecule has 0 saturated heterocycles. The van der Waals surface area contributed by atoms with Gasteiger partial charge in [-0.1, -0.05) is 47.1 Å². The van der Waals surface area contributed by atoms with Gasteiger partial charge in [0.15, 0.2) is 11.5 Å². The summed E-state index contributed by atoms with van der Waals surface area (Å²) in [5, 5.41) is 9.67. The van der Waals surface area contributed by atoms with Gasteiger partial charge in [0.2, 0.25) is 0 Å². The van der Waals surface area contributed by atoms with Gasteiger partial charge < -0.3 is 34.5 Å². The second-order valence-electron chi connectivity index (χ2n) is 10.7. The average molecular weight is 568 g/mol. The van der Waals surface area contributed by atoms with E-state index in [9.17, 15) is 24.3 Å². The molecule has 0 radical (unpaired) electrons. The number of aliphatic carboxylic acids is 1. The number of carboxylic acids is 1. The van der Waals surface area contributed by atoms with E-state index < -0.39 is 48.6 Å². The smallest absolute Gasteiger partial charge is 0.480 e. The lowest BCUT2D eigenvalue weighted by Crippen LogP contribution is -2.38. The van der Waals surface area contributed by atoms with Crippen molar-refractivity contribution in [3.05, 3.63) is 23.8 Å². The molecule has 0 amide bonds. The van der Waals surface area contributed by atoms with Gasteiger partial charge in [-0.2, -0.15) is 0 Å². The zero-order chi connectivity index (χ0) is 30.6. The van der Waals surface area contributed by atoms with Crippen LogP contribution in [-0.2, 0) is 23.8 Å². The summed E-state index contributed by atoms with van der Waals surface area (Å²) < 4.78 is 26.7. The van der Waals surface area contributed by atoms with Crippen molar-refractivity contribution >= 4 is 24.2 Å². The van der Waals surface area contributed by atoms with Gasteiger partial charge in [-0.25, -0.2) is 9.59 Å². The molecule has 4 unspecified atom stereocenters. The van der Waals surface area contributed by atoms with Crippen molar-refractivity contribution in [2.45, 2.75) is 111 Å². The number of benzene rings is 1. The van der Waals surface area contributed by atoms with Crippen molar-refractivity contribution < 1.29 is 48.0 Å². The Morgan fingerprint density at radius 3 is 1.82 bits per heavy atom. The minimum atomic E-state index is -1.37. The number of unbranched alkanes of at least 4 members (excludes halogenated alkanes) is 1. The summed E-state index contributed by atoms with van der Waals surface area (Å²) in [6.45, 7) is 14.5. The number of esters is 1. The zero-order valence-corrected chi connectivity index (χ0v) is 24.8.